The molecule has 0 saturated heterocycles. The van der Waals surface area contributed by atoms with Crippen LogP contribution in [0.1, 0.15) is 38.2 Å². The molecule has 3 unspecified atom stereocenters. The molecule has 1 aromatic heterocycles. The van der Waals surface area contributed by atoms with Gasteiger partial charge < -0.3 is 10.1 Å². The number of aromatic nitrogens is 1. The number of halogens is 1. The summed E-state index contributed by atoms with van der Waals surface area (Å²) in [4.78, 5) is 3.95. The Kier molecular flexibility index (Phi) is 4.17. The first-order chi connectivity index (χ1) is 8.69. The van der Waals surface area contributed by atoms with Crippen molar-refractivity contribution in [1.82, 2.24) is 10.3 Å². The quantitative estimate of drug-likeness (QED) is 0.894. The minimum Gasteiger partial charge on any atom is -0.476 e. The SMILES string of the molecule is CCOc1nccc(C2CCC(NC)C2C)c1F. The van der Waals surface area contributed by atoms with Crippen LogP contribution < -0.4 is 10.1 Å². The van der Waals surface area contributed by atoms with E-state index in [2.05, 4.69) is 17.2 Å². The van der Waals surface area contributed by atoms with Crippen LogP contribution in [-0.4, -0.2) is 24.7 Å². The molecule has 100 valence electrons. The van der Waals surface area contributed by atoms with Gasteiger partial charge in [-0.25, -0.2) is 9.37 Å². The standard InChI is InChI=1S/C14H21FN2O/c1-4-18-14-13(15)11(7-8-17-14)10-5-6-12(16-3)9(10)2/h7-10,12,16H,4-6H2,1-3H3. The maximum absolute atomic E-state index is 14.3. The number of hydrogen-bond donors (Lipinski definition) is 1. The predicted octanol–water partition coefficient (Wildman–Crippen LogP) is 2.72. The third-order valence-corrected chi connectivity index (χ3v) is 4.00. The van der Waals surface area contributed by atoms with Gasteiger partial charge in [0.05, 0.1) is 6.61 Å². The van der Waals surface area contributed by atoms with E-state index in [0.29, 0.717) is 18.6 Å². The first-order valence-electron chi connectivity index (χ1n) is 6.63. The molecular weight excluding hydrogens is 231 g/mol. The fourth-order valence-corrected chi connectivity index (χ4v) is 2.97. The van der Waals surface area contributed by atoms with Gasteiger partial charge in [0.1, 0.15) is 0 Å². The summed E-state index contributed by atoms with van der Waals surface area (Å²) in [6.45, 7) is 4.45. The molecule has 3 nitrogen and oxygen atoms in total. The fourth-order valence-electron chi connectivity index (χ4n) is 2.97. The average molecular weight is 252 g/mol. The Morgan fingerprint density at radius 1 is 1.50 bits per heavy atom. The Hall–Kier alpha value is -1.16. The second-order valence-electron chi connectivity index (χ2n) is 4.89. The summed E-state index contributed by atoms with van der Waals surface area (Å²) in [6.07, 6.45) is 3.75. The van der Waals surface area contributed by atoms with E-state index >= 15 is 0 Å². The Balaban J connectivity index is 2.26. The van der Waals surface area contributed by atoms with E-state index in [1.54, 1.807) is 12.3 Å². The second-order valence-corrected chi connectivity index (χ2v) is 4.89. The molecule has 2 rings (SSSR count). The minimum absolute atomic E-state index is 0.134. The van der Waals surface area contributed by atoms with Crippen molar-refractivity contribution in [2.75, 3.05) is 13.7 Å². The molecule has 0 bridgehead atoms. The lowest BCUT2D eigenvalue weighted by molar-refractivity contribution is 0.303. The van der Waals surface area contributed by atoms with Gasteiger partial charge in [-0.05, 0) is 50.3 Å². The van der Waals surface area contributed by atoms with Crippen LogP contribution in [0, 0.1) is 11.7 Å². The van der Waals surface area contributed by atoms with Gasteiger partial charge in [0.15, 0.2) is 5.82 Å². The molecular formula is C14H21FN2O. The highest BCUT2D eigenvalue weighted by Crippen LogP contribution is 2.41. The Morgan fingerprint density at radius 2 is 2.28 bits per heavy atom. The summed E-state index contributed by atoms with van der Waals surface area (Å²) in [5.74, 6) is 0.536. The van der Waals surface area contributed by atoms with Gasteiger partial charge in [-0.2, -0.15) is 0 Å². The minimum atomic E-state index is -0.284. The smallest absolute Gasteiger partial charge is 0.250 e. The molecule has 4 heteroatoms. The van der Waals surface area contributed by atoms with Crippen molar-refractivity contribution in [2.24, 2.45) is 5.92 Å². The Morgan fingerprint density at radius 3 is 2.89 bits per heavy atom. The Bertz CT molecular complexity index is 411. The number of rotatable bonds is 4. The van der Waals surface area contributed by atoms with Crippen LogP contribution in [0.4, 0.5) is 4.39 Å². The van der Waals surface area contributed by atoms with Crippen LogP contribution in [0.3, 0.4) is 0 Å². The van der Waals surface area contributed by atoms with Crippen molar-refractivity contribution in [3.05, 3.63) is 23.6 Å². The molecule has 1 aliphatic rings. The molecule has 0 radical (unpaired) electrons. The third-order valence-electron chi connectivity index (χ3n) is 4.00. The van der Waals surface area contributed by atoms with Crippen molar-refractivity contribution in [3.63, 3.8) is 0 Å². The van der Waals surface area contributed by atoms with Gasteiger partial charge in [0.2, 0.25) is 0 Å². The lowest BCUT2D eigenvalue weighted by Gasteiger charge is -2.21. The molecule has 1 saturated carbocycles. The van der Waals surface area contributed by atoms with Gasteiger partial charge >= 0.3 is 0 Å². The van der Waals surface area contributed by atoms with Crippen LogP contribution in [0.15, 0.2) is 12.3 Å². The summed E-state index contributed by atoms with van der Waals surface area (Å²) in [7, 11) is 1.97. The first kappa shape index (κ1) is 13.3. The van der Waals surface area contributed by atoms with Gasteiger partial charge in [0, 0.05) is 12.2 Å². The molecule has 3 atom stereocenters. The average Bonchev–Trinajstić information content (AvgIpc) is 2.73. The number of pyridine rings is 1. The van der Waals surface area contributed by atoms with E-state index in [-0.39, 0.29) is 17.6 Å². The van der Waals surface area contributed by atoms with Gasteiger partial charge in [-0.3, -0.25) is 0 Å². The van der Waals surface area contributed by atoms with E-state index in [4.69, 9.17) is 4.74 Å². The highest BCUT2D eigenvalue weighted by molar-refractivity contribution is 5.28. The topological polar surface area (TPSA) is 34.1 Å². The largest absolute Gasteiger partial charge is 0.476 e. The monoisotopic (exact) mass is 252 g/mol. The lowest BCUT2D eigenvalue weighted by Crippen LogP contribution is -2.29. The molecule has 18 heavy (non-hydrogen) atoms. The molecule has 1 aromatic rings. The van der Waals surface area contributed by atoms with Crippen LogP contribution >= 0.6 is 0 Å². The zero-order valence-electron chi connectivity index (χ0n) is 11.2. The maximum Gasteiger partial charge on any atom is 0.250 e. The summed E-state index contributed by atoms with van der Waals surface area (Å²) in [6, 6.07) is 2.26. The van der Waals surface area contributed by atoms with Crippen molar-refractivity contribution in [2.45, 2.75) is 38.6 Å². The normalized spacial score (nSPS) is 27.4. The Labute approximate surface area is 108 Å². The lowest BCUT2D eigenvalue weighted by atomic mass is 9.89. The summed E-state index contributed by atoms with van der Waals surface area (Å²) >= 11 is 0. The van der Waals surface area contributed by atoms with Gasteiger partial charge in [-0.1, -0.05) is 6.92 Å². The second kappa shape index (κ2) is 5.65. The predicted molar refractivity (Wildman–Crippen MR) is 69.4 cm³/mol. The van der Waals surface area contributed by atoms with E-state index in [0.717, 1.165) is 18.4 Å². The van der Waals surface area contributed by atoms with Gasteiger partial charge in [-0.15, -0.1) is 0 Å². The van der Waals surface area contributed by atoms with Crippen LogP contribution in [0.5, 0.6) is 5.88 Å². The van der Waals surface area contributed by atoms with Crippen LogP contribution in [-0.2, 0) is 0 Å². The van der Waals surface area contributed by atoms with Crippen molar-refractivity contribution >= 4 is 0 Å². The number of nitrogens with zero attached hydrogens (tertiary/aromatic N) is 1. The van der Waals surface area contributed by atoms with E-state index < -0.39 is 0 Å². The molecule has 1 aliphatic carbocycles. The van der Waals surface area contributed by atoms with Crippen LogP contribution in [0.25, 0.3) is 0 Å². The highest BCUT2D eigenvalue weighted by Gasteiger charge is 2.34. The molecule has 0 spiro atoms. The zero-order valence-corrected chi connectivity index (χ0v) is 11.2. The molecule has 1 fully saturated rings. The third kappa shape index (κ3) is 2.34. The van der Waals surface area contributed by atoms with E-state index in [9.17, 15) is 4.39 Å². The summed E-state index contributed by atoms with van der Waals surface area (Å²) in [5, 5.41) is 3.30. The van der Waals surface area contributed by atoms with E-state index in [1.165, 1.54) is 0 Å². The number of nitrogens with one attached hydrogen (secondary N) is 1. The number of ether oxygens (including phenoxy) is 1. The van der Waals surface area contributed by atoms with E-state index in [1.807, 2.05) is 14.0 Å². The number of hydrogen-bond acceptors (Lipinski definition) is 3. The van der Waals surface area contributed by atoms with Crippen molar-refractivity contribution < 1.29 is 9.13 Å². The summed E-state index contributed by atoms with van der Waals surface area (Å²) < 4.78 is 19.5. The molecule has 0 aliphatic heterocycles. The van der Waals surface area contributed by atoms with Crippen molar-refractivity contribution in [3.8, 4) is 5.88 Å². The molecule has 1 N–H and O–H groups in total. The van der Waals surface area contributed by atoms with Crippen molar-refractivity contribution in [1.29, 1.82) is 0 Å². The molecule has 1 heterocycles. The fraction of sp³-hybridized carbons (Fsp3) is 0.643. The summed E-state index contributed by atoms with van der Waals surface area (Å²) in [5.41, 5.74) is 0.749. The molecule has 0 aromatic carbocycles. The van der Waals surface area contributed by atoms with Gasteiger partial charge in [0.25, 0.3) is 5.88 Å². The maximum atomic E-state index is 14.3. The molecule has 0 amide bonds. The first-order valence-corrected chi connectivity index (χ1v) is 6.63. The van der Waals surface area contributed by atoms with Crippen LogP contribution in [0.2, 0.25) is 0 Å². The zero-order chi connectivity index (χ0) is 13.1. The highest BCUT2D eigenvalue weighted by atomic mass is 19.1.